The first-order valence-corrected chi connectivity index (χ1v) is 7.54. The van der Waals surface area contributed by atoms with Gasteiger partial charge < -0.3 is 15.0 Å². The molecule has 0 radical (unpaired) electrons. The van der Waals surface area contributed by atoms with Crippen LogP contribution in [-0.4, -0.2) is 17.5 Å². The molecule has 0 saturated heterocycles. The van der Waals surface area contributed by atoms with E-state index in [2.05, 4.69) is 5.32 Å². The summed E-state index contributed by atoms with van der Waals surface area (Å²) in [5, 5.41) is 4.04. The highest BCUT2D eigenvalue weighted by Crippen LogP contribution is 2.29. The standard InChI is InChI=1S/C18H13F3N2O3/c19-18(20,21)13-8-15(17(25)22-9-13)23-16(24)10-26-14-6-5-11-3-1-2-4-12(11)7-14/h1-9H,10H2,(H,22,25)(H,23,24). The first-order chi connectivity index (χ1) is 12.3. The van der Waals surface area contributed by atoms with Crippen molar-refractivity contribution in [2.24, 2.45) is 0 Å². The zero-order chi connectivity index (χ0) is 18.7. The lowest BCUT2D eigenvalue weighted by Gasteiger charge is -2.10. The Morgan fingerprint density at radius 3 is 2.54 bits per heavy atom. The van der Waals surface area contributed by atoms with Gasteiger partial charge in [-0.15, -0.1) is 0 Å². The highest BCUT2D eigenvalue weighted by molar-refractivity contribution is 5.92. The topological polar surface area (TPSA) is 71.2 Å². The molecule has 0 aliphatic heterocycles. The average molecular weight is 362 g/mol. The number of hydrogen-bond acceptors (Lipinski definition) is 3. The Hall–Kier alpha value is -3.29. The highest BCUT2D eigenvalue weighted by Gasteiger charge is 2.31. The monoisotopic (exact) mass is 362 g/mol. The van der Waals surface area contributed by atoms with E-state index in [0.717, 1.165) is 10.8 Å². The van der Waals surface area contributed by atoms with Gasteiger partial charge in [0.1, 0.15) is 11.4 Å². The predicted molar refractivity (Wildman–Crippen MR) is 90.1 cm³/mol. The summed E-state index contributed by atoms with van der Waals surface area (Å²) in [4.78, 5) is 25.4. The predicted octanol–water partition coefficient (Wildman–Crippen LogP) is 3.56. The lowest BCUT2D eigenvalue weighted by atomic mass is 10.1. The van der Waals surface area contributed by atoms with Crippen molar-refractivity contribution in [2.75, 3.05) is 11.9 Å². The maximum atomic E-state index is 12.7. The minimum atomic E-state index is -4.63. The Kier molecular flexibility index (Phi) is 4.66. The summed E-state index contributed by atoms with van der Waals surface area (Å²) in [7, 11) is 0. The van der Waals surface area contributed by atoms with E-state index in [-0.39, 0.29) is 0 Å². The van der Waals surface area contributed by atoms with Gasteiger partial charge in [-0.05, 0) is 29.0 Å². The Labute approximate surface area is 145 Å². The number of rotatable bonds is 4. The van der Waals surface area contributed by atoms with Gasteiger partial charge in [0.05, 0.1) is 5.56 Å². The number of fused-ring (bicyclic) bond motifs is 1. The van der Waals surface area contributed by atoms with E-state index < -0.39 is 35.5 Å². The van der Waals surface area contributed by atoms with Gasteiger partial charge in [0.15, 0.2) is 6.61 Å². The molecule has 0 atom stereocenters. The van der Waals surface area contributed by atoms with Crippen molar-refractivity contribution in [1.29, 1.82) is 0 Å². The molecular weight excluding hydrogens is 349 g/mol. The van der Waals surface area contributed by atoms with Gasteiger partial charge in [-0.1, -0.05) is 30.3 Å². The molecule has 2 aromatic carbocycles. The van der Waals surface area contributed by atoms with Crippen LogP contribution in [-0.2, 0) is 11.0 Å². The minimum absolute atomic E-state index is 0.428. The molecule has 0 spiro atoms. The molecular formula is C18H13F3N2O3. The van der Waals surface area contributed by atoms with E-state index in [1.807, 2.05) is 35.3 Å². The van der Waals surface area contributed by atoms with Crippen molar-refractivity contribution < 1.29 is 22.7 Å². The number of pyridine rings is 1. The van der Waals surface area contributed by atoms with Gasteiger partial charge in [-0.3, -0.25) is 9.59 Å². The fraction of sp³-hybridized carbons (Fsp3) is 0.111. The quantitative estimate of drug-likeness (QED) is 0.745. The lowest BCUT2D eigenvalue weighted by Crippen LogP contribution is -2.25. The first kappa shape index (κ1) is 17.5. The van der Waals surface area contributed by atoms with Crippen molar-refractivity contribution in [2.45, 2.75) is 6.18 Å². The van der Waals surface area contributed by atoms with Crippen LogP contribution >= 0.6 is 0 Å². The van der Waals surface area contributed by atoms with Crippen molar-refractivity contribution in [3.63, 3.8) is 0 Å². The lowest BCUT2D eigenvalue weighted by molar-refractivity contribution is -0.137. The molecule has 1 amide bonds. The third kappa shape index (κ3) is 4.02. The number of carbonyl (C=O) groups is 1. The van der Waals surface area contributed by atoms with Crippen LogP contribution < -0.4 is 15.6 Å². The number of benzene rings is 2. The maximum Gasteiger partial charge on any atom is 0.417 e. The molecule has 2 N–H and O–H groups in total. The van der Waals surface area contributed by atoms with Crippen molar-refractivity contribution in [3.05, 3.63) is 70.6 Å². The number of halogens is 3. The number of H-pyrrole nitrogens is 1. The Morgan fingerprint density at radius 2 is 1.81 bits per heavy atom. The van der Waals surface area contributed by atoms with Gasteiger partial charge in [0, 0.05) is 6.20 Å². The zero-order valence-electron chi connectivity index (χ0n) is 13.3. The Morgan fingerprint density at radius 1 is 1.08 bits per heavy atom. The molecule has 0 bridgehead atoms. The number of nitrogens with one attached hydrogen (secondary N) is 2. The summed E-state index contributed by atoms with van der Waals surface area (Å²) in [6, 6.07) is 13.4. The number of alkyl halides is 3. The number of aromatic nitrogens is 1. The largest absolute Gasteiger partial charge is 0.484 e. The summed E-state index contributed by atoms with van der Waals surface area (Å²) in [6.45, 7) is -0.450. The van der Waals surface area contributed by atoms with E-state index in [9.17, 15) is 22.8 Å². The van der Waals surface area contributed by atoms with Crippen LogP contribution in [0.1, 0.15) is 5.56 Å². The second kappa shape index (κ2) is 6.91. The highest BCUT2D eigenvalue weighted by atomic mass is 19.4. The zero-order valence-corrected chi connectivity index (χ0v) is 13.3. The maximum absolute atomic E-state index is 12.7. The van der Waals surface area contributed by atoms with Crippen molar-refractivity contribution >= 4 is 22.4 Å². The van der Waals surface area contributed by atoms with Crippen LogP contribution in [0.4, 0.5) is 18.9 Å². The number of anilines is 1. The van der Waals surface area contributed by atoms with Crippen LogP contribution in [0.5, 0.6) is 5.75 Å². The summed E-state index contributed by atoms with van der Waals surface area (Å²) < 4.78 is 43.4. The van der Waals surface area contributed by atoms with E-state index >= 15 is 0 Å². The van der Waals surface area contributed by atoms with Crippen LogP contribution in [0.3, 0.4) is 0 Å². The minimum Gasteiger partial charge on any atom is -0.484 e. The third-order valence-corrected chi connectivity index (χ3v) is 3.60. The van der Waals surface area contributed by atoms with E-state index in [0.29, 0.717) is 18.0 Å². The normalized spacial score (nSPS) is 11.3. The van der Waals surface area contributed by atoms with Crippen LogP contribution in [0.2, 0.25) is 0 Å². The molecule has 3 rings (SSSR count). The molecule has 5 nitrogen and oxygen atoms in total. The number of aromatic amines is 1. The molecule has 0 fully saturated rings. The van der Waals surface area contributed by atoms with E-state index in [4.69, 9.17) is 4.74 Å². The van der Waals surface area contributed by atoms with E-state index in [1.54, 1.807) is 12.1 Å². The van der Waals surface area contributed by atoms with Gasteiger partial charge in [-0.2, -0.15) is 13.2 Å². The van der Waals surface area contributed by atoms with Gasteiger partial charge in [0.25, 0.3) is 11.5 Å². The van der Waals surface area contributed by atoms with Crippen LogP contribution in [0.25, 0.3) is 10.8 Å². The molecule has 0 saturated carbocycles. The summed E-state index contributed by atoms with van der Waals surface area (Å²) in [5.41, 5.74) is -2.40. The van der Waals surface area contributed by atoms with Crippen LogP contribution in [0, 0.1) is 0 Å². The molecule has 0 unspecified atom stereocenters. The number of hydrogen-bond donors (Lipinski definition) is 2. The summed E-state index contributed by atoms with van der Waals surface area (Å²) in [5.74, 6) is -0.320. The summed E-state index contributed by atoms with van der Waals surface area (Å²) >= 11 is 0. The SMILES string of the molecule is O=C(COc1ccc2ccccc2c1)Nc1cc(C(F)(F)F)c[nH]c1=O. The molecule has 8 heteroatoms. The Bertz CT molecular complexity index is 1010. The van der Waals surface area contributed by atoms with Crippen LogP contribution in [0.15, 0.2) is 59.5 Å². The van der Waals surface area contributed by atoms with Gasteiger partial charge >= 0.3 is 6.18 Å². The first-order valence-electron chi connectivity index (χ1n) is 7.54. The molecule has 134 valence electrons. The fourth-order valence-corrected chi connectivity index (χ4v) is 2.33. The molecule has 0 aliphatic rings. The average Bonchev–Trinajstić information content (AvgIpc) is 2.60. The second-order valence-electron chi connectivity index (χ2n) is 5.47. The number of carbonyl (C=O) groups excluding carboxylic acids is 1. The second-order valence-corrected chi connectivity index (χ2v) is 5.47. The molecule has 3 aromatic rings. The number of ether oxygens (including phenoxy) is 1. The van der Waals surface area contributed by atoms with E-state index in [1.165, 1.54) is 0 Å². The molecule has 1 aromatic heterocycles. The van der Waals surface area contributed by atoms with Gasteiger partial charge in [-0.25, -0.2) is 0 Å². The fourth-order valence-electron chi connectivity index (χ4n) is 2.33. The van der Waals surface area contributed by atoms with Crippen molar-refractivity contribution in [1.82, 2.24) is 4.98 Å². The Balaban J connectivity index is 1.68. The molecule has 1 heterocycles. The summed E-state index contributed by atoms with van der Waals surface area (Å²) in [6.07, 6.45) is -4.09. The molecule has 0 aliphatic carbocycles. The van der Waals surface area contributed by atoms with Gasteiger partial charge in [0.2, 0.25) is 0 Å². The third-order valence-electron chi connectivity index (χ3n) is 3.60. The molecule has 26 heavy (non-hydrogen) atoms. The van der Waals surface area contributed by atoms with Crippen molar-refractivity contribution in [3.8, 4) is 5.75 Å². The number of amides is 1. The smallest absolute Gasteiger partial charge is 0.417 e.